The molecule has 0 atom stereocenters. The predicted octanol–water partition coefficient (Wildman–Crippen LogP) is 0.407. The highest BCUT2D eigenvalue weighted by molar-refractivity contribution is 5.93. The Balaban J connectivity index is 1.81. The number of nitrogens with one attached hydrogen (secondary N) is 1. The Morgan fingerprint density at radius 3 is 2.72 bits per heavy atom. The molecule has 25 heavy (non-hydrogen) atoms. The minimum absolute atomic E-state index is 0.0810. The van der Waals surface area contributed by atoms with Gasteiger partial charge in [0.15, 0.2) is 0 Å². The number of nitrogens with zero attached hydrogens (tertiary/aromatic N) is 2. The Morgan fingerprint density at radius 2 is 2.08 bits per heavy atom. The number of rotatable bonds is 4. The van der Waals surface area contributed by atoms with Crippen LogP contribution in [0.3, 0.4) is 0 Å². The zero-order valence-corrected chi connectivity index (χ0v) is 13.9. The summed E-state index contributed by atoms with van der Waals surface area (Å²) in [7, 11) is 1.30. The van der Waals surface area contributed by atoms with E-state index >= 15 is 0 Å². The van der Waals surface area contributed by atoms with Crippen molar-refractivity contribution in [3.8, 4) is 0 Å². The smallest absolute Gasteiger partial charge is 0.337 e. The maximum absolute atomic E-state index is 12.2. The van der Waals surface area contributed by atoms with Crippen LogP contribution in [0.1, 0.15) is 29.0 Å². The number of likely N-dealkylation sites (tertiary alicyclic amines) is 1. The Kier molecular flexibility index (Phi) is 4.80. The molecular formula is C17H20N4O4. The molecule has 0 aliphatic carbocycles. The van der Waals surface area contributed by atoms with Crippen molar-refractivity contribution in [3.05, 3.63) is 39.9 Å². The molecule has 2 aromatic rings. The molecule has 8 nitrogen and oxygen atoms in total. The molecule has 0 radical (unpaired) electrons. The van der Waals surface area contributed by atoms with Gasteiger partial charge in [0.25, 0.3) is 5.56 Å². The van der Waals surface area contributed by atoms with Crippen molar-refractivity contribution in [3.63, 3.8) is 0 Å². The fourth-order valence-electron chi connectivity index (χ4n) is 3.09. The summed E-state index contributed by atoms with van der Waals surface area (Å²) in [5, 5.41) is 0.420. The zero-order chi connectivity index (χ0) is 18.0. The highest BCUT2D eigenvalue weighted by Crippen LogP contribution is 2.18. The van der Waals surface area contributed by atoms with Crippen molar-refractivity contribution in [2.24, 2.45) is 11.7 Å². The van der Waals surface area contributed by atoms with Gasteiger partial charge in [0.1, 0.15) is 5.82 Å². The first-order valence-corrected chi connectivity index (χ1v) is 8.11. The first kappa shape index (κ1) is 17.1. The lowest BCUT2D eigenvalue weighted by Crippen LogP contribution is -2.38. The number of esters is 1. The van der Waals surface area contributed by atoms with E-state index in [1.54, 1.807) is 18.2 Å². The van der Waals surface area contributed by atoms with E-state index in [0.29, 0.717) is 41.7 Å². The highest BCUT2D eigenvalue weighted by atomic mass is 16.5. The van der Waals surface area contributed by atoms with Gasteiger partial charge in [0.05, 0.1) is 30.1 Å². The number of piperidine rings is 1. The number of aromatic nitrogens is 2. The quantitative estimate of drug-likeness (QED) is 0.776. The molecule has 2 heterocycles. The van der Waals surface area contributed by atoms with Crippen LogP contribution in [0.4, 0.5) is 0 Å². The summed E-state index contributed by atoms with van der Waals surface area (Å²) in [5.41, 5.74) is 5.90. The van der Waals surface area contributed by atoms with Crippen LogP contribution in [0.2, 0.25) is 0 Å². The molecule has 132 valence electrons. The number of H-pyrrole nitrogens is 1. The number of nitrogens with two attached hydrogens (primary N) is 1. The van der Waals surface area contributed by atoms with Gasteiger partial charge >= 0.3 is 5.97 Å². The molecule has 0 bridgehead atoms. The topological polar surface area (TPSA) is 118 Å². The van der Waals surface area contributed by atoms with Gasteiger partial charge in [-0.3, -0.25) is 14.5 Å². The number of carbonyl (C=O) groups excluding carboxylic acids is 2. The average molecular weight is 344 g/mol. The van der Waals surface area contributed by atoms with Crippen LogP contribution in [0.15, 0.2) is 23.0 Å². The van der Waals surface area contributed by atoms with E-state index in [2.05, 4.69) is 14.9 Å². The largest absolute Gasteiger partial charge is 0.465 e. The summed E-state index contributed by atoms with van der Waals surface area (Å²) in [4.78, 5) is 44.5. The van der Waals surface area contributed by atoms with Crippen LogP contribution in [0.25, 0.3) is 10.9 Å². The summed E-state index contributed by atoms with van der Waals surface area (Å²) in [6.45, 7) is 1.91. The number of hydrogen-bond donors (Lipinski definition) is 2. The van der Waals surface area contributed by atoms with Gasteiger partial charge in [-0.2, -0.15) is 0 Å². The van der Waals surface area contributed by atoms with Gasteiger partial charge in [-0.1, -0.05) is 0 Å². The third kappa shape index (κ3) is 3.69. The summed E-state index contributed by atoms with van der Waals surface area (Å²) < 4.78 is 4.70. The second-order valence-corrected chi connectivity index (χ2v) is 6.19. The van der Waals surface area contributed by atoms with Crippen LogP contribution in [0.5, 0.6) is 0 Å². The van der Waals surface area contributed by atoms with E-state index < -0.39 is 5.97 Å². The van der Waals surface area contributed by atoms with Crippen molar-refractivity contribution in [2.75, 3.05) is 20.2 Å². The Bertz CT molecular complexity index is 869. The Morgan fingerprint density at radius 1 is 1.36 bits per heavy atom. The van der Waals surface area contributed by atoms with Gasteiger partial charge in [-0.25, -0.2) is 9.78 Å². The summed E-state index contributed by atoms with van der Waals surface area (Å²) in [5.74, 6) is -0.286. The molecule has 3 rings (SSSR count). The monoisotopic (exact) mass is 344 g/mol. The minimum Gasteiger partial charge on any atom is -0.465 e. The molecule has 0 unspecified atom stereocenters. The Hall–Kier alpha value is -2.74. The first-order chi connectivity index (χ1) is 12.0. The summed E-state index contributed by atoms with van der Waals surface area (Å²) >= 11 is 0. The van der Waals surface area contributed by atoms with Gasteiger partial charge in [-0.15, -0.1) is 0 Å². The second kappa shape index (κ2) is 7.02. The van der Waals surface area contributed by atoms with Gasteiger partial charge in [0.2, 0.25) is 5.91 Å². The number of fused-ring (bicyclic) bond motifs is 1. The van der Waals surface area contributed by atoms with Crippen molar-refractivity contribution >= 4 is 22.8 Å². The van der Waals surface area contributed by atoms with E-state index in [1.807, 2.05) is 0 Å². The molecule has 0 spiro atoms. The van der Waals surface area contributed by atoms with E-state index in [-0.39, 0.29) is 17.4 Å². The molecule has 0 saturated carbocycles. The molecule has 1 aromatic heterocycles. The van der Waals surface area contributed by atoms with Gasteiger partial charge in [-0.05, 0) is 44.1 Å². The number of hydrogen-bond acceptors (Lipinski definition) is 6. The molecule has 1 fully saturated rings. The van der Waals surface area contributed by atoms with Crippen molar-refractivity contribution < 1.29 is 14.3 Å². The predicted molar refractivity (Wildman–Crippen MR) is 90.9 cm³/mol. The van der Waals surface area contributed by atoms with E-state index in [0.717, 1.165) is 13.1 Å². The maximum Gasteiger partial charge on any atom is 0.337 e. The van der Waals surface area contributed by atoms with Crippen molar-refractivity contribution in [1.82, 2.24) is 14.9 Å². The lowest BCUT2D eigenvalue weighted by molar-refractivity contribution is -0.123. The SMILES string of the molecule is COC(=O)c1ccc2c(=O)[nH]c(CN3CCC(C(N)=O)CC3)nc2c1. The van der Waals surface area contributed by atoms with Crippen molar-refractivity contribution in [2.45, 2.75) is 19.4 Å². The normalized spacial score (nSPS) is 16.0. The standard InChI is InChI=1S/C17H20N4O4/c1-25-17(24)11-2-3-12-13(8-11)19-14(20-16(12)23)9-21-6-4-10(5-7-21)15(18)22/h2-3,8,10H,4-7,9H2,1H3,(H2,18,22)(H,19,20,23). The first-order valence-electron chi connectivity index (χ1n) is 8.11. The molecule has 1 saturated heterocycles. The highest BCUT2D eigenvalue weighted by Gasteiger charge is 2.23. The van der Waals surface area contributed by atoms with E-state index in [4.69, 9.17) is 10.5 Å². The fraction of sp³-hybridized carbons (Fsp3) is 0.412. The van der Waals surface area contributed by atoms with Crippen molar-refractivity contribution in [1.29, 1.82) is 0 Å². The lowest BCUT2D eigenvalue weighted by atomic mass is 9.96. The number of amides is 1. The second-order valence-electron chi connectivity index (χ2n) is 6.19. The molecule has 3 N–H and O–H groups in total. The third-order valence-corrected chi connectivity index (χ3v) is 4.54. The molecule has 1 aromatic carbocycles. The zero-order valence-electron chi connectivity index (χ0n) is 13.9. The average Bonchev–Trinajstić information content (AvgIpc) is 2.61. The number of carbonyl (C=O) groups is 2. The van der Waals surface area contributed by atoms with Crippen LogP contribution in [0, 0.1) is 5.92 Å². The summed E-state index contributed by atoms with van der Waals surface area (Å²) in [6, 6.07) is 4.66. The molecule has 1 amide bonds. The summed E-state index contributed by atoms with van der Waals surface area (Å²) in [6.07, 6.45) is 1.42. The van der Waals surface area contributed by atoms with Crippen LogP contribution in [-0.2, 0) is 16.1 Å². The Labute approximate surface area is 144 Å². The number of ether oxygens (including phenoxy) is 1. The van der Waals surface area contributed by atoms with E-state index in [9.17, 15) is 14.4 Å². The number of methoxy groups -OCH3 is 1. The van der Waals surface area contributed by atoms with Crippen LogP contribution in [-0.4, -0.2) is 46.9 Å². The number of aromatic amines is 1. The molecular weight excluding hydrogens is 324 g/mol. The fourth-order valence-corrected chi connectivity index (χ4v) is 3.09. The maximum atomic E-state index is 12.2. The van der Waals surface area contributed by atoms with Crippen LogP contribution < -0.4 is 11.3 Å². The minimum atomic E-state index is -0.473. The number of primary amides is 1. The molecule has 8 heteroatoms. The lowest BCUT2D eigenvalue weighted by Gasteiger charge is -2.29. The third-order valence-electron chi connectivity index (χ3n) is 4.54. The van der Waals surface area contributed by atoms with Gasteiger partial charge in [0, 0.05) is 5.92 Å². The van der Waals surface area contributed by atoms with Gasteiger partial charge < -0.3 is 15.5 Å². The molecule has 1 aliphatic rings. The van der Waals surface area contributed by atoms with E-state index in [1.165, 1.54) is 7.11 Å². The number of benzene rings is 1. The van der Waals surface area contributed by atoms with Crippen LogP contribution >= 0.6 is 0 Å². The molecule has 1 aliphatic heterocycles.